The van der Waals surface area contributed by atoms with Gasteiger partial charge in [-0.3, -0.25) is 4.79 Å². The van der Waals surface area contributed by atoms with Crippen molar-refractivity contribution in [2.45, 2.75) is 32.1 Å². The molecule has 130 valence electrons. The number of carboxylic acid groups (broad SMARTS) is 1. The molecular weight excluding hydrogens is 324 g/mol. The van der Waals surface area contributed by atoms with Gasteiger partial charge in [-0.25, -0.2) is 0 Å². The van der Waals surface area contributed by atoms with Crippen LogP contribution in [0.4, 0.5) is 0 Å². The molecule has 2 unspecified atom stereocenters. The van der Waals surface area contributed by atoms with Crippen molar-refractivity contribution < 1.29 is 9.90 Å². The average Bonchev–Trinajstić information content (AvgIpc) is 3.31. The fourth-order valence-corrected chi connectivity index (χ4v) is 2.88. The van der Waals surface area contributed by atoms with E-state index < -0.39 is 11.9 Å². The van der Waals surface area contributed by atoms with E-state index in [1.54, 1.807) is 0 Å². The zero-order valence-electron chi connectivity index (χ0n) is 13.6. The van der Waals surface area contributed by atoms with Crippen LogP contribution >= 0.6 is 0 Å². The molecular formula is C15H18N8O2. The van der Waals surface area contributed by atoms with Crippen molar-refractivity contribution in [2.75, 3.05) is 0 Å². The zero-order chi connectivity index (χ0) is 17.6. The van der Waals surface area contributed by atoms with Crippen molar-refractivity contribution in [1.29, 1.82) is 0 Å². The Bertz CT molecular complexity index is 786. The highest BCUT2D eigenvalue weighted by Gasteiger charge is 2.31. The summed E-state index contributed by atoms with van der Waals surface area (Å²) in [5, 5.41) is 37.4. The lowest BCUT2D eigenvalue weighted by Crippen LogP contribution is -2.25. The monoisotopic (exact) mass is 342 g/mol. The van der Waals surface area contributed by atoms with Crippen molar-refractivity contribution in [3.05, 3.63) is 35.7 Å². The van der Waals surface area contributed by atoms with E-state index in [1.165, 1.54) is 0 Å². The predicted octanol–water partition coefficient (Wildman–Crippen LogP) is 1.21. The van der Waals surface area contributed by atoms with Gasteiger partial charge in [0.1, 0.15) is 0 Å². The van der Waals surface area contributed by atoms with Crippen LogP contribution in [-0.4, -0.2) is 52.3 Å². The molecule has 2 heterocycles. The highest BCUT2D eigenvalue weighted by atomic mass is 16.4. The number of nitrogens with one attached hydrogen (secondary N) is 2. The summed E-state index contributed by atoms with van der Waals surface area (Å²) in [7, 11) is 0. The van der Waals surface area contributed by atoms with Gasteiger partial charge in [-0.05, 0) is 23.6 Å². The molecule has 0 spiro atoms. The van der Waals surface area contributed by atoms with Crippen LogP contribution in [-0.2, 0) is 11.2 Å². The summed E-state index contributed by atoms with van der Waals surface area (Å²) in [5.41, 5.74) is 1.81. The molecule has 10 heteroatoms. The fraction of sp³-hybridized carbons (Fsp3) is 0.400. The molecule has 0 saturated heterocycles. The van der Waals surface area contributed by atoms with E-state index in [2.05, 4.69) is 41.2 Å². The molecule has 3 aromatic rings. The first-order valence-electron chi connectivity index (χ1n) is 7.98. The molecule has 3 N–H and O–H groups in total. The third-order valence-electron chi connectivity index (χ3n) is 4.11. The van der Waals surface area contributed by atoms with Gasteiger partial charge in [0.25, 0.3) is 0 Å². The normalized spacial score (nSPS) is 13.5. The maximum Gasteiger partial charge on any atom is 0.307 e. The van der Waals surface area contributed by atoms with Crippen LogP contribution in [0.3, 0.4) is 0 Å². The molecule has 0 fully saturated rings. The molecule has 0 amide bonds. The number of hydrogen-bond acceptors (Lipinski definition) is 7. The number of aromatic amines is 2. The van der Waals surface area contributed by atoms with Crippen LogP contribution in [0.25, 0.3) is 11.4 Å². The first-order valence-corrected chi connectivity index (χ1v) is 7.98. The van der Waals surface area contributed by atoms with E-state index in [9.17, 15) is 9.90 Å². The van der Waals surface area contributed by atoms with Crippen LogP contribution in [0, 0.1) is 5.92 Å². The van der Waals surface area contributed by atoms with Crippen LogP contribution in [0.5, 0.6) is 0 Å². The van der Waals surface area contributed by atoms with E-state index in [-0.39, 0.29) is 5.92 Å². The van der Waals surface area contributed by atoms with E-state index in [4.69, 9.17) is 0 Å². The maximum atomic E-state index is 11.7. The summed E-state index contributed by atoms with van der Waals surface area (Å²) in [6.45, 7) is 1.96. The second kappa shape index (κ2) is 7.60. The van der Waals surface area contributed by atoms with Crippen molar-refractivity contribution in [3.8, 4) is 11.4 Å². The summed E-state index contributed by atoms with van der Waals surface area (Å²) < 4.78 is 0. The minimum absolute atomic E-state index is 0.354. The van der Waals surface area contributed by atoms with Crippen molar-refractivity contribution in [3.63, 3.8) is 0 Å². The number of nitrogens with zero attached hydrogens (tertiary/aromatic N) is 6. The zero-order valence-corrected chi connectivity index (χ0v) is 13.6. The van der Waals surface area contributed by atoms with E-state index in [1.807, 2.05) is 31.2 Å². The summed E-state index contributed by atoms with van der Waals surface area (Å²) >= 11 is 0. The molecule has 0 aliphatic heterocycles. The Morgan fingerprint density at radius 2 is 1.84 bits per heavy atom. The Morgan fingerprint density at radius 1 is 1.12 bits per heavy atom. The van der Waals surface area contributed by atoms with Gasteiger partial charge in [0.15, 0.2) is 5.82 Å². The maximum absolute atomic E-state index is 11.7. The summed E-state index contributed by atoms with van der Waals surface area (Å²) in [5.74, 6) is -0.842. The third-order valence-corrected chi connectivity index (χ3v) is 4.11. The molecule has 2 aromatic heterocycles. The largest absolute Gasteiger partial charge is 0.481 e. The number of carboxylic acids is 1. The van der Waals surface area contributed by atoms with Gasteiger partial charge in [0.2, 0.25) is 5.82 Å². The van der Waals surface area contributed by atoms with Gasteiger partial charge in [-0.2, -0.15) is 10.4 Å². The molecule has 0 radical (unpaired) electrons. The Balaban J connectivity index is 1.83. The van der Waals surface area contributed by atoms with Crippen molar-refractivity contribution in [1.82, 2.24) is 41.2 Å². The molecule has 0 saturated carbocycles. The number of H-pyrrole nitrogens is 2. The topological polar surface area (TPSA) is 146 Å². The lowest BCUT2D eigenvalue weighted by atomic mass is 9.83. The van der Waals surface area contributed by atoms with Crippen LogP contribution in [0.1, 0.15) is 37.1 Å². The summed E-state index contributed by atoms with van der Waals surface area (Å²) in [4.78, 5) is 11.7. The Kier molecular flexibility index (Phi) is 5.07. The van der Waals surface area contributed by atoms with Crippen LogP contribution in [0.2, 0.25) is 0 Å². The van der Waals surface area contributed by atoms with E-state index in [0.717, 1.165) is 17.5 Å². The van der Waals surface area contributed by atoms with E-state index in [0.29, 0.717) is 24.5 Å². The minimum Gasteiger partial charge on any atom is -0.481 e. The van der Waals surface area contributed by atoms with Crippen LogP contribution < -0.4 is 0 Å². The molecule has 3 rings (SSSR count). The van der Waals surface area contributed by atoms with Gasteiger partial charge in [-0.15, -0.1) is 20.4 Å². The fourth-order valence-electron chi connectivity index (χ4n) is 2.88. The predicted molar refractivity (Wildman–Crippen MR) is 86.3 cm³/mol. The van der Waals surface area contributed by atoms with Crippen molar-refractivity contribution >= 4 is 5.97 Å². The van der Waals surface area contributed by atoms with E-state index >= 15 is 0 Å². The molecule has 25 heavy (non-hydrogen) atoms. The first-order chi connectivity index (χ1) is 12.2. The highest BCUT2D eigenvalue weighted by Crippen LogP contribution is 2.30. The number of aliphatic carboxylic acids is 1. The smallest absolute Gasteiger partial charge is 0.307 e. The lowest BCUT2D eigenvalue weighted by molar-refractivity contribution is -0.142. The minimum atomic E-state index is -0.847. The molecule has 10 nitrogen and oxygen atoms in total. The number of aromatic nitrogens is 8. The first kappa shape index (κ1) is 16.7. The van der Waals surface area contributed by atoms with Gasteiger partial charge < -0.3 is 5.11 Å². The lowest BCUT2D eigenvalue weighted by Gasteiger charge is -2.21. The second-order valence-electron chi connectivity index (χ2n) is 5.75. The molecule has 0 aliphatic rings. The summed E-state index contributed by atoms with van der Waals surface area (Å²) in [6.07, 6.45) is 1.82. The second-order valence-corrected chi connectivity index (χ2v) is 5.75. The highest BCUT2D eigenvalue weighted by molar-refractivity contribution is 5.71. The SMILES string of the molecule is CCCC(C(=O)O)C(Cc1ccc(-c2nn[nH]n2)cc1)c1nn[nH]n1. The number of carbonyl (C=O) groups is 1. The molecule has 0 aliphatic carbocycles. The van der Waals surface area contributed by atoms with Gasteiger partial charge in [-0.1, -0.05) is 42.8 Å². The van der Waals surface area contributed by atoms with Gasteiger partial charge in [0.05, 0.1) is 5.92 Å². The number of tetrazole rings is 2. The van der Waals surface area contributed by atoms with Crippen LogP contribution in [0.15, 0.2) is 24.3 Å². The van der Waals surface area contributed by atoms with Gasteiger partial charge in [0, 0.05) is 11.5 Å². The molecule has 1 aromatic carbocycles. The number of benzene rings is 1. The van der Waals surface area contributed by atoms with Crippen molar-refractivity contribution in [2.24, 2.45) is 5.92 Å². The summed E-state index contributed by atoms with van der Waals surface area (Å²) in [6, 6.07) is 7.60. The standard InChI is InChI=1S/C15H18N8O2/c1-2-3-11(15(24)25)12(14-18-22-23-19-14)8-9-4-6-10(7-5-9)13-16-20-21-17-13/h4-7,11-12H,2-3,8H2,1H3,(H,24,25)(H,16,17,20,21)(H,18,19,22,23). The molecule has 0 bridgehead atoms. The third kappa shape index (κ3) is 3.84. The number of hydrogen-bond donors (Lipinski definition) is 3. The quantitative estimate of drug-likeness (QED) is 0.553. The number of rotatable bonds is 8. The Hall–Kier alpha value is -3.17. The van der Waals surface area contributed by atoms with Gasteiger partial charge >= 0.3 is 5.97 Å². The Labute approximate surface area is 143 Å². The molecule has 2 atom stereocenters. The Morgan fingerprint density at radius 3 is 2.40 bits per heavy atom. The average molecular weight is 342 g/mol.